The Hall–Kier alpha value is -2.97. The molecule has 8 nitrogen and oxygen atoms in total. The zero-order valence-electron chi connectivity index (χ0n) is 14.8. The van der Waals surface area contributed by atoms with Crippen LogP contribution in [0.25, 0.3) is 5.65 Å². The van der Waals surface area contributed by atoms with Gasteiger partial charge in [-0.1, -0.05) is 29.8 Å². The predicted octanol–water partition coefficient (Wildman–Crippen LogP) is 2.97. The van der Waals surface area contributed by atoms with Crippen LogP contribution in [-0.4, -0.2) is 39.8 Å². The summed E-state index contributed by atoms with van der Waals surface area (Å²) in [5.74, 6) is -0.0444. The Morgan fingerprint density at radius 3 is 2.59 bits per heavy atom. The lowest BCUT2D eigenvalue weighted by molar-refractivity contribution is -0.385. The smallest absolute Gasteiger partial charge is 0.362 e. The molecule has 140 valence electrons. The zero-order valence-corrected chi connectivity index (χ0v) is 15.6. The van der Waals surface area contributed by atoms with Gasteiger partial charge in [0.15, 0.2) is 0 Å². The molecule has 1 N–H and O–H groups in total. The summed E-state index contributed by atoms with van der Waals surface area (Å²) in [6, 6.07) is 12.2. The first-order valence-electron chi connectivity index (χ1n) is 8.20. The number of rotatable bonds is 6. The molecule has 1 unspecified atom stereocenters. The summed E-state index contributed by atoms with van der Waals surface area (Å²) in [6.07, 6.45) is 1.46. The van der Waals surface area contributed by atoms with E-state index in [2.05, 4.69) is 10.3 Å². The minimum Gasteiger partial charge on any atom is -0.362 e. The van der Waals surface area contributed by atoms with E-state index in [9.17, 15) is 14.9 Å². The summed E-state index contributed by atoms with van der Waals surface area (Å²) in [6.45, 7) is 0.324. The number of likely N-dealkylation sites (N-methyl/N-ethyl adjacent to an activating group) is 1. The first kappa shape index (κ1) is 18.8. The number of hydrogen-bond acceptors (Lipinski definition) is 6. The van der Waals surface area contributed by atoms with Crippen LogP contribution in [0.2, 0.25) is 5.02 Å². The van der Waals surface area contributed by atoms with E-state index in [1.807, 2.05) is 31.1 Å². The van der Waals surface area contributed by atoms with Gasteiger partial charge >= 0.3 is 11.2 Å². The van der Waals surface area contributed by atoms with Crippen molar-refractivity contribution in [2.24, 2.45) is 0 Å². The van der Waals surface area contributed by atoms with Gasteiger partial charge in [0, 0.05) is 17.8 Å². The van der Waals surface area contributed by atoms with Crippen LogP contribution in [0.1, 0.15) is 11.6 Å². The number of pyridine rings is 1. The zero-order chi connectivity index (χ0) is 19.6. The molecule has 0 fully saturated rings. The van der Waals surface area contributed by atoms with E-state index in [1.54, 1.807) is 30.3 Å². The molecule has 0 amide bonds. The summed E-state index contributed by atoms with van der Waals surface area (Å²) in [7, 11) is 3.80. The van der Waals surface area contributed by atoms with Crippen LogP contribution in [0, 0.1) is 10.1 Å². The number of anilines is 1. The van der Waals surface area contributed by atoms with Crippen LogP contribution >= 0.6 is 11.6 Å². The van der Waals surface area contributed by atoms with E-state index < -0.39 is 16.2 Å². The molecule has 3 rings (SSSR count). The topological polar surface area (TPSA) is 92.8 Å². The number of nitrogens with zero attached hydrogens (tertiary/aromatic N) is 4. The van der Waals surface area contributed by atoms with Crippen LogP contribution in [0.15, 0.2) is 53.5 Å². The predicted molar refractivity (Wildman–Crippen MR) is 104 cm³/mol. The van der Waals surface area contributed by atoms with Crippen molar-refractivity contribution in [3.05, 3.63) is 79.7 Å². The lowest BCUT2D eigenvalue weighted by Crippen LogP contribution is -2.28. The van der Waals surface area contributed by atoms with Crippen molar-refractivity contribution in [1.82, 2.24) is 14.3 Å². The van der Waals surface area contributed by atoms with Gasteiger partial charge in [-0.3, -0.25) is 19.3 Å². The first-order valence-corrected chi connectivity index (χ1v) is 8.58. The summed E-state index contributed by atoms with van der Waals surface area (Å²) in [4.78, 5) is 29.5. The maximum absolute atomic E-state index is 12.5. The number of nitrogens with one attached hydrogen (secondary N) is 1. The van der Waals surface area contributed by atoms with Crippen molar-refractivity contribution < 1.29 is 4.92 Å². The molecule has 0 bridgehead atoms. The fourth-order valence-electron chi connectivity index (χ4n) is 2.84. The van der Waals surface area contributed by atoms with E-state index in [0.29, 0.717) is 17.2 Å². The highest BCUT2D eigenvalue weighted by molar-refractivity contribution is 6.30. The SMILES string of the molecule is CN(C)C(CNc1nc2ccccn2c(=O)c1[N+](=O)[O-])c1ccc(Cl)cc1. The lowest BCUT2D eigenvalue weighted by atomic mass is 10.1. The minimum absolute atomic E-state index is 0.0444. The highest BCUT2D eigenvalue weighted by atomic mass is 35.5. The molecule has 0 aliphatic heterocycles. The van der Waals surface area contributed by atoms with Gasteiger partial charge in [-0.25, -0.2) is 4.98 Å². The molecule has 1 aromatic carbocycles. The fraction of sp³-hybridized carbons (Fsp3) is 0.222. The van der Waals surface area contributed by atoms with Gasteiger partial charge in [-0.2, -0.15) is 0 Å². The third-order valence-corrected chi connectivity index (χ3v) is 4.49. The molecule has 2 aromatic heterocycles. The van der Waals surface area contributed by atoms with E-state index in [-0.39, 0.29) is 11.9 Å². The maximum Gasteiger partial charge on any atom is 0.376 e. The van der Waals surface area contributed by atoms with Crippen molar-refractivity contribution in [2.75, 3.05) is 26.0 Å². The van der Waals surface area contributed by atoms with Crippen LogP contribution in [0.3, 0.4) is 0 Å². The summed E-state index contributed by atoms with van der Waals surface area (Å²) in [5.41, 5.74) is 0.0221. The molecule has 0 saturated carbocycles. The number of aromatic nitrogens is 2. The van der Waals surface area contributed by atoms with Gasteiger partial charge in [-0.15, -0.1) is 0 Å². The minimum atomic E-state index is -0.721. The van der Waals surface area contributed by atoms with Crippen molar-refractivity contribution in [3.63, 3.8) is 0 Å². The fourth-order valence-corrected chi connectivity index (χ4v) is 2.97. The van der Waals surface area contributed by atoms with Crippen molar-refractivity contribution in [1.29, 1.82) is 0 Å². The first-order chi connectivity index (χ1) is 12.9. The standard InChI is InChI=1S/C18H18ClN5O3/c1-22(2)14(12-6-8-13(19)9-7-12)11-20-17-16(24(26)27)18(25)23-10-4-3-5-15(23)21-17/h3-10,14,20H,11H2,1-2H3. The molecule has 9 heteroatoms. The Labute approximate surface area is 160 Å². The third-order valence-electron chi connectivity index (χ3n) is 4.23. The molecule has 0 spiro atoms. The van der Waals surface area contributed by atoms with Crippen LogP contribution in [-0.2, 0) is 0 Å². The van der Waals surface area contributed by atoms with Crippen LogP contribution < -0.4 is 10.9 Å². The average molecular weight is 388 g/mol. The lowest BCUT2D eigenvalue weighted by Gasteiger charge is -2.25. The third kappa shape index (κ3) is 3.91. The quantitative estimate of drug-likeness (QED) is 0.516. The molecule has 0 saturated heterocycles. The Bertz CT molecular complexity index is 1030. The van der Waals surface area contributed by atoms with Gasteiger partial charge in [0.05, 0.1) is 11.0 Å². The summed E-state index contributed by atoms with van der Waals surface area (Å²) >= 11 is 5.95. The molecule has 3 aromatic rings. The van der Waals surface area contributed by atoms with Crippen molar-refractivity contribution in [3.8, 4) is 0 Å². The van der Waals surface area contributed by atoms with Crippen LogP contribution in [0.4, 0.5) is 11.5 Å². The number of hydrogen-bond donors (Lipinski definition) is 1. The molecule has 2 heterocycles. The Morgan fingerprint density at radius 1 is 1.26 bits per heavy atom. The highest BCUT2D eigenvalue weighted by Crippen LogP contribution is 2.23. The van der Waals surface area contributed by atoms with Gasteiger partial charge in [0.1, 0.15) is 5.65 Å². The normalized spacial score (nSPS) is 12.3. The van der Waals surface area contributed by atoms with E-state index in [4.69, 9.17) is 11.6 Å². The molecule has 0 aliphatic carbocycles. The second-order valence-electron chi connectivity index (χ2n) is 6.21. The molecule has 0 aliphatic rings. The van der Waals surface area contributed by atoms with Gasteiger partial charge < -0.3 is 10.2 Å². The van der Waals surface area contributed by atoms with Gasteiger partial charge in [0.25, 0.3) is 0 Å². The second-order valence-corrected chi connectivity index (χ2v) is 6.65. The summed E-state index contributed by atoms with van der Waals surface area (Å²) < 4.78 is 1.16. The molecular weight excluding hydrogens is 370 g/mol. The van der Waals surface area contributed by atoms with E-state index >= 15 is 0 Å². The number of fused-ring (bicyclic) bond motifs is 1. The molecule has 27 heavy (non-hydrogen) atoms. The Balaban J connectivity index is 1.97. The second kappa shape index (κ2) is 7.73. The monoisotopic (exact) mass is 387 g/mol. The van der Waals surface area contributed by atoms with E-state index in [0.717, 1.165) is 9.96 Å². The van der Waals surface area contributed by atoms with Crippen molar-refractivity contribution >= 4 is 28.8 Å². The molecule has 1 atom stereocenters. The van der Waals surface area contributed by atoms with E-state index in [1.165, 1.54) is 6.20 Å². The summed E-state index contributed by atoms with van der Waals surface area (Å²) in [5, 5.41) is 15.1. The van der Waals surface area contributed by atoms with Crippen LogP contribution in [0.5, 0.6) is 0 Å². The maximum atomic E-state index is 12.5. The van der Waals surface area contributed by atoms with Gasteiger partial charge in [0.2, 0.25) is 5.82 Å². The number of halogens is 1. The number of nitro groups is 1. The highest BCUT2D eigenvalue weighted by Gasteiger charge is 2.24. The Kier molecular flexibility index (Phi) is 5.38. The Morgan fingerprint density at radius 2 is 1.96 bits per heavy atom. The van der Waals surface area contributed by atoms with Crippen molar-refractivity contribution in [2.45, 2.75) is 6.04 Å². The van der Waals surface area contributed by atoms with Gasteiger partial charge in [-0.05, 0) is 43.9 Å². The molecule has 0 radical (unpaired) electrons. The largest absolute Gasteiger partial charge is 0.376 e. The average Bonchev–Trinajstić information content (AvgIpc) is 2.63. The number of benzene rings is 1. The molecular formula is C18H18ClN5O3.